The summed E-state index contributed by atoms with van der Waals surface area (Å²) in [5.74, 6) is 3.00. The van der Waals surface area contributed by atoms with Crippen LogP contribution in [0.2, 0.25) is 0 Å². The highest BCUT2D eigenvalue weighted by Crippen LogP contribution is 2.33. The zero-order valence-electron chi connectivity index (χ0n) is 13.9. The molecule has 0 aliphatic carbocycles. The quantitative estimate of drug-likeness (QED) is 0.716. The summed E-state index contributed by atoms with van der Waals surface area (Å²) in [5.41, 5.74) is 2.78. The van der Waals surface area contributed by atoms with Gasteiger partial charge in [-0.2, -0.15) is 12.6 Å². The van der Waals surface area contributed by atoms with E-state index in [1.165, 1.54) is 11.1 Å². The van der Waals surface area contributed by atoms with Gasteiger partial charge in [-0.15, -0.1) is 0 Å². The van der Waals surface area contributed by atoms with Crippen molar-refractivity contribution in [2.75, 3.05) is 12.4 Å². The molecule has 0 saturated heterocycles. The van der Waals surface area contributed by atoms with Crippen LogP contribution < -0.4 is 4.74 Å². The molecule has 0 N–H and O–H groups in total. The molecule has 0 bridgehead atoms. The fourth-order valence-electron chi connectivity index (χ4n) is 2.16. The third-order valence-corrected chi connectivity index (χ3v) is 4.36. The standard InChI is InChI=1S/C18H30OS/c1-7-14-8-9-17(16(10-14)18(4,5)6)19-11-15(12-20)13(2)3/h8-10,13,15,20H,7,11-12H2,1-6H3. The van der Waals surface area contributed by atoms with Gasteiger partial charge in [0.25, 0.3) is 0 Å². The van der Waals surface area contributed by atoms with Gasteiger partial charge in [0.1, 0.15) is 5.75 Å². The monoisotopic (exact) mass is 294 g/mol. The largest absolute Gasteiger partial charge is 0.493 e. The van der Waals surface area contributed by atoms with Crippen molar-refractivity contribution < 1.29 is 4.74 Å². The van der Waals surface area contributed by atoms with Crippen molar-refractivity contribution in [3.05, 3.63) is 29.3 Å². The first-order valence-corrected chi connectivity index (χ1v) is 8.29. The van der Waals surface area contributed by atoms with Gasteiger partial charge in [-0.1, -0.05) is 53.7 Å². The minimum absolute atomic E-state index is 0.106. The zero-order valence-corrected chi connectivity index (χ0v) is 14.8. The Labute approximate surface area is 130 Å². The van der Waals surface area contributed by atoms with Crippen LogP contribution >= 0.6 is 12.6 Å². The number of thiol groups is 1. The van der Waals surface area contributed by atoms with Crippen molar-refractivity contribution >= 4 is 12.6 Å². The van der Waals surface area contributed by atoms with Gasteiger partial charge in [-0.05, 0) is 40.7 Å². The molecule has 0 amide bonds. The zero-order chi connectivity index (χ0) is 15.3. The molecule has 0 aliphatic rings. The lowest BCUT2D eigenvalue weighted by atomic mass is 9.85. The first-order valence-electron chi connectivity index (χ1n) is 7.66. The third-order valence-electron chi connectivity index (χ3n) is 3.89. The van der Waals surface area contributed by atoms with E-state index in [0.717, 1.165) is 24.5 Å². The molecule has 0 saturated carbocycles. The smallest absolute Gasteiger partial charge is 0.123 e. The lowest BCUT2D eigenvalue weighted by Gasteiger charge is -2.26. The van der Waals surface area contributed by atoms with Crippen LogP contribution in [0.25, 0.3) is 0 Å². The van der Waals surface area contributed by atoms with E-state index in [1.807, 2.05) is 0 Å². The molecule has 0 aromatic heterocycles. The number of hydrogen-bond donors (Lipinski definition) is 1. The summed E-state index contributed by atoms with van der Waals surface area (Å²) < 4.78 is 6.13. The Hall–Kier alpha value is -0.630. The molecule has 1 nitrogen and oxygen atoms in total. The summed E-state index contributed by atoms with van der Waals surface area (Å²) >= 11 is 4.44. The summed E-state index contributed by atoms with van der Waals surface area (Å²) in [6.07, 6.45) is 1.06. The molecular weight excluding hydrogens is 264 g/mol. The first-order chi connectivity index (χ1) is 9.29. The van der Waals surface area contributed by atoms with Crippen molar-refractivity contribution in [1.82, 2.24) is 0 Å². The number of hydrogen-bond acceptors (Lipinski definition) is 2. The maximum absolute atomic E-state index is 6.13. The molecule has 1 rings (SSSR count). The van der Waals surface area contributed by atoms with Crippen LogP contribution in [0, 0.1) is 11.8 Å². The summed E-state index contributed by atoms with van der Waals surface area (Å²) in [6, 6.07) is 6.60. The number of ether oxygens (including phenoxy) is 1. The van der Waals surface area contributed by atoms with E-state index in [0.29, 0.717) is 11.8 Å². The molecule has 1 aromatic rings. The maximum atomic E-state index is 6.13. The molecular formula is C18H30OS. The van der Waals surface area contributed by atoms with Crippen molar-refractivity contribution in [1.29, 1.82) is 0 Å². The third kappa shape index (κ3) is 4.73. The molecule has 0 heterocycles. The van der Waals surface area contributed by atoms with E-state index in [1.54, 1.807) is 0 Å². The normalized spacial score (nSPS) is 13.6. The van der Waals surface area contributed by atoms with Crippen LogP contribution in [0.5, 0.6) is 5.75 Å². The molecule has 1 aromatic carbocycles. The highest BCUT2D eigenvalue weighted by molar-refractivity contribution is 7.80. The Morgan fingerprint density at radius 1 is 1.20 bits per heavy atom. The Bertz CT molecular complexity index is 418. The molecule has 2 heteroatoms. The van der Waals surface area contributed by atoms with E-state index in [2.05, 4.69) is 72.4 Å². The van der Waals surface area contributed by atoms with E-state index in [4.69, 9.17) is 4.74 Å². The minimum atomic E-state index is 0.106. The summed E-state index contributed by atoms with van der Waals surface area (Å²) in [6.45, 7) is 14.1. The van der Waals surface area contributed by atoms with Crippen molar-refractivity contribution in [3.63, 3.8) is 0 Å². The molecule has 0 spiro atoms. The highest BCUT2D eigenvalue weighted by atomic mass is 32.1. The van der Waals surface area contributed by atoms with Gasteiger partial charge in [-0.3, -0.25) is 0 Å². The molecule has 114 valence electrons. The van der Waals surface area contributed by atoms with Crippen LogP contribution in [0.15, 0.2) is 18.2 Å². The Morgan fingerprint density at radius 3 is 2.30 bits per heavy atom. The first kappa shape index (κ1) is 17.4. The summed E-state index contributed by atoms with van der Waals surface area (Å²) in [5, 5.41) is 0. The second-order valence-electron chi connectivity index (χ2n) is 6.93. The maximum Gasteiger partial charge on any atom is 0.123 e. The summed E-state index contributed by atoms with van der Waals surface area (Å²) in [7, 11) is 0. The Morgan fingerprint density at radius 2 is 1.85 bits per heavy atom. The number of benzene rings is 1. The molecule has 1 unspecified atom stereocenters. The van der Waals surface area contributed by atoms with Gasteiger partial charge < -0.3 is 4.74 Å². The average molecular weight is 295 g/mol. The van der Waals surface area contributed by atoms with Crippen LogP contribution in [-0.2, 0) is 11.8 Å². The van der Waals surface area contributed by atoms with E-state index in [9.17, 15) is 0 Å². The van der Waals surface area contributed by atoms with Gasteiger partial charge in [0.2, 0.25) is 0 Å². The van der Waals surface area contributed by atoms with Gasteiger partial charge in [0, 0.05) is 5.92 Å². The molecule has 0 radical (unpaired) electrons. The van der Waals surface area contributed by atoms with Gasteiger partial charge in [0.05, 0.1) is 6.61 Å². The fourth-order valence-corrected chi connectivity index (χ4v) is 2.69. The number of aryl methyl sites for hydroxylation is 1. The van der Waals surface area contributed by atoms with Crippen molar-refractivity contribution in [2.24, 2.45) is 11.8 Å². The van der Waals surface area contributed by atoms with Gasteiger partial charge in [-0.25, -0.2) is 0 Å². The average Bonchev–Trinajstić information content (AvgIpc) is 2.38. The lowest BCUT2D eigenvalue weighted by Crippen LogP contribution is -2.21. The SMILES string of the molecule is CCc1ccc(OCC(CS)C(C)C)c(C(C)(C)C)c1. The van der Waals surface area contributed by atoms with Crippen LogP contribution in [-0.4, -0.2) is 12.4 Å². The predicted octanol–water partition coefficient (Wildman–Crippen LogP) is 5.13. The van der Waals surface area contributed by atoms with E-state index < -0.39 is 0 Å². The van der Waals surface area contributed by atoms with Crippen LogP contribution in [0.3, 0.4) is 0 Å². The van der Waals surface area contributed by atoms with Crippen molar-refractivity contribution in [3.8, 4) is 5.75 Å². The second kappa shape index (κ2) is 7.40. The van der Waals surface area contributed by atoms with E-state index in [-0.39, 0.29) is 5.41 Å². The molecule has 20 heavy (non-hydrogen) atoms. The Balaban J connectivity index is 2.94. The predicted molar refractivity (Wildman–Crippen MR) is 92.2 cm³/mol. The van der Waals surface area contributed by atoms with Crippen molar-refractivity contribution in [2.45, 2.75) is 53.4 Å². The Kier molecular flexibility index (Phi) is 6.44. The van der Waals surface area contributed by atoms with E-state index >= 15 is 0 Å². The second-order valence-corrected chi connectivity index (χ2v) is 7.30. The van der Waals surface area contributed by atoms with Crippen LogP contribution in [0.1, 0.15) is 52.7 Å². The molecule has 0 fully saturated rings. The minimum Gasteiger partial charge on any atom is -0.493 e. The van der Waals surface area contributed by atoms with Crippen LogP contribution in [0.4, 0.5) is 0 Å². The molecule has 0 aliphatic heterocycles. The number of rotatable bonds is 6. The topological polar surface area (TPSA) is 9.23 Å². The fraction of sp³-hybridized carbons (Fsp3) is 0.667. The molecule has 1 atom stereocenters. The van der Waals surface area contributed by atoms with Gasteiger partial charge in [0.15, 0.2) is 0 Å². The summed E-state index contributed by atoms with van der Waals surface area (Å²) in [4.78, 5) is 0. The van der Waals surface area contributed by atoms with Gasteiger partial charge >= 0.3 is 0 Å². The highest BCUT2D eigenvalue weighted by Gasteiger charge is 2.20. The lowest BCUT2D eigenvalue weighted by molar-refractivity contribution is 0.223.